The molecule has 0 saturated heterocycles. The molecule has 0 spiro atoms. The van der Waals surface area contributed by atoms with E-state index in [-0.39, 0.29) is 11.9 Å². The van der Waals surface area contributed by atoms with Gasteiger partial charge >= 0.3 is 5.97 Å². The van der Waals surface area contributed by atoms with Crippen molar-refractivity contribution in [1.29, 1.82) is 0 Å². The van der Waals surface area contributed by atoms with Crippen molar-refractivity contribution < 1.29 is 14.7 Å². The fraction of sp³-hybridized carbons (Fsp3) is 0.500. The molecule has 1 saturated carbocycles. The third-order valence-corrected chi connectivity index (χ3v) is 4.42. The summed E-state index contributed by atoms with van der Waals surface area (Å²) in [5.41, 5.74) is -0.414. The Balaban J connectivity index is 2.15. The number of carbonyl (C=O) groups is 2. The maximum absolute atomic E-state index is 12.2. The molecule has 1 amide bonds. The lowest BCUT2D eigenvalue weighted by atomic mass is 9.71. The van der Waals surface area contributed by atoms with Crippen molar-refractivity contribution in [1.82, 2.24) is 10.3 Å². The number of halogens is 1. The van der Waals surface area contributed by atoms with Gasteiger partial charge in [0.25, 0.3) is 5.91 Å². The van der Waals surface area contributed by atoms with Crippen molar-refractivity contribution in [2.75, 3.05) is 0 Å². The largest absolute Gasteiger partial charge is 0.481 e. The molecule has 0 bridgehead atoms. The summed E-state index contributed by atoms with van der Waals surface area (Å²) in [6.45, 7) is 1.71. The Bertz CT molecular complexity index is 535. The Morgan fingerprint density at radius 1 is 1.50 bits per heavy atom. The van der Waals surface area contributed by atoms with Gasteiger partial charge in [0.15, 0.2) is 0 Å². The molecule has 1 aromatic rings. The number of amides is 1. The molecule has 108 valence electrons. The Hall–Kier alpha value is -1.43. The van der Waals surface area contributed by atoms with Gasteiger partial charge in [-0.15, -0.1) is 0 Å². The molecule has 1 heterocycles. The van der Waals surface area contributed by atoms with Crippen molar-refractivity contribution in [3.05, 3.63) is 28.5 Å². The number of pyridine rings is 1. The second-order valence-electron chi connectivity index (χ2n) is 5.36. The zero-order chi connectivity index (χ0) is 14.8. The number of carboxylic acids is 1. The van der Waals surface area contributed by atoms with E-state index in [0.29, 0.717) is 23.0 Å². The summed E-state index contributed by atoms with van der Waals surface area (Å²) < 4.78 is 0.579. The van der Waals surface area contributed by atoms with Gasteiger partial charge in [0.1, 0.15) is 4.60 Å². The predicted octanol–water partition coefficient (Wildman–Crippen LogP) is 2.61. The molecule has 1 fully saturated rings. The van der Waals surface area contributed by atoms with Gasteiger partial charge in [-0.05, 0) is 47.8 Å². The van der Waals surface area contributed by atoms with Crippen molar-refractivity contribution in [2.45, 2.75) is 38.6 Å². The number of hydrogen-bond acceptors (Lipinski definition) is 3. The average Bonchev–Trinajstić information content (AvgIpc) is 2.41. The van der Waals surface area contributed by atoms with E-state index in [4.69, 9.17) is 0 Å². The summed E-state index contributed by atoms with van der Waals surface area (Å²) in [7, 11) is 0. The van der Waals surface area contributed by atoms with E-state index in [2.05, 4.69) is 26.2 Å². The smallest absolute Gasteiger partial charge is 0.311 e. The van der Waals surface area contributed by atoms with Gasteiger partial charge in [-0.2, -0.15) is 0 Å². The lowest BCUT2D eigenvalue weighted by Gasteiger charge is -2.38. The first-order valence-electron chi connectivity index (χ1n) is 6.59. The summed E-state index contributed by atoms with van der Waals surface area (Å²) in [6.07, 6.45) is 4.65. The van der Waals surface area contributed by atoms with Gasteiger partial charge in [0.05, 0.1) is 5.41 Å². The maximum Gasteiger partial charge on any atom is 0.311 e. The van der Waals surface area contributed by atoms with Gasteiger partial charge in [-0.25, -0.2) is 4.98 Å². The minimum Gasteiger partial charge on any atom is -0.481 e. The first kappa shape index (κ1) is 15.0. The zero-order valence-electron chi connectivity index (χ0n) is 11.2. The molecule has 1 aromatic heterocycles. The fourth-order valence-corrected chi connectivity index (χ4v) is 2.97. The normalized spacial score (nSPS) is 26.0. The molecule has 2 N–H and O–H groups in total. The van der Waals surface area contributed by atoms with Crippen LogP contribution in [0.15, 0.2) is 22.9 Å². The highest BCUT2D eigenvalue weighted by Gasteiger charge is 2.43. The molecule has 0 aromatic carbocycles. The standard InChI is InChI=1S/C14H17BrN2O3/c1-14(13(19)20)6-3-2-4-10(14)17-12(18)9-5-7-16-11(15)8-9/h5,7-8,10H,2-4,6H2,1H3,(H,17,18)(H,19,20). The van der Waals surface area contributed by atoms with Gasteiger partial charge < -0.3 is 10.4 Å². The molecule has 6 heteroatoms. The molecule has 1 aliphatic carbocycles. The van der Waals surface area contributed by atoms with E-state index < -0.39 is 11.4 Å². The molecule has 2 atom stereocenters. The SMILES string of the molecule is CC1(C(=O)O)CCCCC1NC(=O)c1ccnc(Br)c1. The minimum atomic E-state index is -0.891. The number of nitrogens with one attached hydrogen (secondary N) is 1. The number of carbonyl (C=O) groups excluding carboxylic acids is 1. The molecule has 2 unspecified atom stereocenters. The third kappa shape index (κ3) is 3.00. The molecule has 0 aliphatic heterocycles. The molecule has 20 heavy (non-hydrogen) atoms. The van der Waals surface area contributed by atoms with Crippen LogP contribution < -0.4 is 5.32 Å². The van der Waals surface area contributed by atoms with Crippen LogP contribution in [-0.2, 0) is 4.79 Å². The van der Waals surface area contributed by atoms with Crippen molar-refractivity contribution in [3.8, 4) is 0 Å². The van der Waals surface area contributed by atoms with Crippen molar-refractivity contribution in [2.24, 2.45) is 5.41 Å². The minimum absolute atomic E-state index is 0.257. The lowest BCUT2D eigenvalue weighted by Crippen LogP contribution is -2.52. The highest BCUT2D eigenvalue weighted by molar-refractivity contribution is 9.10. The van der Waals surface area contributed by atoms with Crippen LogP contribution in [0.25, 0.3) is 0 Å². The Morgan fingerprint density at radius 2 is 2.25 bits per heavy atom. The Morgan fingerprint density at radius 3 is 2.90 bits per heavy atom. The number of nitrogens with zero attached hydrogens (tertiary/aromatic N) is 1. The number of rotatable bonds is 3. The van der Waals surface area contributed by atoms with Crippen LogP contribution in [0.1, 0.15) is 43.0 Å². The van der Waals surface area contributed by atoms with Crippen LogP contribution in [0, 0.1) is 5.41 Å². The van der Waals surface area contributed by atoms with Gasteiger partial charge in [0, 0.05) is 17.8 Å². The number of carboxylic acid groups (broad SMARTS) is 1. The van der Waals surface area contributed by atoms with E-state index in [0.717, 1.165) is 12.8 Å². The second kappa shape index (κ2) is 5.91. The molecule has 5 nitrogen and oxygen atoms in total. The monoisotopic (exact) mass is 340 g/mol. The highest BCUT2D eigenvalue weighted by Crippen LogP contribution is 2.36. The Labute approximate surface area is 125 Å². The van der Waals surface area contributed by atoms with Crippen LogP contribution in [0.4, 0.5) is 0 Å². The molecular weight excluding hydrogens is 324 g/mol. The van der Waals surface area contributed by atoms with Crippen LogP contribution >= 0.6 is 15.9 Å². The Kier molecular flexibility index (Phi) is 4.42. The predicted molar refractivity (Wildman–Crippen MR) is 77.4 cm³/mol. The second-order valence-corrected chi connectivity index (χ2v) is 6.17. The number of hydrogen-bond donors (Lipinski definition) is 2. The van der Waals surface area contributed by atoms with Crippen LogP contribution in [0.3, 0.4) is 0 Å². The van der Waals surface area contributed by atoms with Crippen molar-refractivity contribution >= 4 is 27.8 Å². The summed E-state index contributed by atoms with van der Waals surface area (Å²) in [5, 5.41) is 12.3. The first-order chi connectivity index (χ1) is 9.43. The maximum atomic E-state index is 12.2. The van der Waals surface area contributed by atoms with Gasteiger partial charge in [0.2, 0.25) is 0 Å². The van der Waals surface area contributed by atoms with E-state index in [9.17, 15) is 14.7 Å². The topological polar surface area (TPSA) is 79.3 Å². The van der Waals surface area contributed by atoms with Crippen LogP contribution in [-0.4, -0.2) is 28.0 Å². The fourth-order valence-electron chi connectivity index (χ4n) is 2.61. The van der Waals surface area contributed by atoms with E-state index >= 15 is 0 Å². The van der Waals surface area contributed by atoms with Gasteiger partial charge in [-0.3, -0.25) is 9.59 Å². The third-order valence-electron chi connectivity index (χ3n) is 3.99. The van der Waals surface area contributed by atoms with E-state index in [1.54, 1.807) is 19.1 Å². The van der Waals surface area contributed by atoms with Crippen molar-refractivity contribution in [3.63, 3.8) is 0 Å². The van der Waals surface area contributed by atoms with E-state index in [1.807, 2.05) is 0 Å². The average molecular weight is 341 g/mol. The molecule has 0 radical (unpaired) electrons. The summed E-state index contributed by atoms with van der Waals surface area (Å²) in [5.74, 6) is -1.11. The number of aliphatic carboxylic acids is 1. The lowest BCUT2D eigenvalue weighted by molar-refractivity contribution is -0.151. The van der Waals surface area contributed by atoms with E-state index in [1.165, 1.54) is 6.20 Å². The summed E-state index contributed by atoms with van der Waals surface area (Å²) in [4.78, 5) is 27.7. The summed E-state index contributed by atoms with van der Waals surface area (Å²) >= 11 is 3.22. The highest BCUT2D eigenvalue weighted by atomic mass is 79.9. The van der Waals surface area contributed by atoms with Crippen LogP contribution in [0.5, 0.6) is 0 Å². The molecule has 2 rings (SSSR count). The van der Waals surface area contributed by atoms with Crippen LogP contribution in [0.2, 0.25) is 0 Å². The summed E-state index contributed by atoms with van der Waals surface area (Å²) in [6, 6.07) is 2.89. The first-order valence-corrected chi connectivity index (χ1v) is 7.38. The molecule has 1 aliphatic rings. The quantitative estimate of drug-likeness (QED) is 0.829. The zero-order valence-corrected chi connectivity index (χ0v) is 12.8. The van der Waals surface area contributed by atoms with Gasteiger partial charge in [-0.1, -0.05) is 12.8 Å². The number of aromatic nitrogens is 1. The molecular formula is C14H17BrN2O3.